The maximum Gasteiger partial charge on any atom is 0.212 e. The summed E-state index contributed by atoms with van der Waals surface area (Å²) in [5, 5.41) is 13.3. The largest absolute Gasteiger partial charge is 0.293 e. The van der Waals surface area contributed by atoms with Gasteiger partial charge in [0.2, 0.25) is 5.16 Å². The first-order valence-electron chi connectivity index (χ1n) is 7.90. The number of ketones is 1. The minimum Gasteiger partial charge on any atom is -0.293 e. The number of hydrogen-bond donors (Lipinski definition) is 0. The van der Waals surface area contributed by atoms with Gasteiger partial charge in [-0.25, -0.2) is 4.39 Å². The predicted octanol–water partition coefficient (Wildman–Crippen LogP) is 3.91. The van der Waals surface area contributed by atoms with E-state index in [-0.39, 0.29) is 17.4 Å². The first-order valence-corrected chi connectivity index (χ1v) is 8.89. The molecule has 4 aromatic rings. The van der Waals surface area contributed by atoms with Gasteiger partial charge >= 0.3 is 0 Å². The van der Waals surface area contributed by atoms with Gasteiger partial charge in [0.05, 0.1) is 11.4 Å². The van der Waals surface area contributed by atoms with Crippen molar-refractivity contribution in [1.82, 2.24) is 19.8 Å². The third kappa shape index (κ3) is 3.34. The van der Waals surface area contributed by atoms with Crippen molar-refractivity contribution < 1.29 is 9.18 Å². The van der Waals surface area contributed by atoms with Crippen molar-refractivity contribution in [3.63, 3.8) is 0 Å². The van der Waals surface area contributed by atoms with Crippen molar-refractivity contribution in [2.45, 2.75) is 5.16 Å². The standard InChI is InChI=1S/C19H13FN4OS/c20-15-8-6-14(7-9-15)17(25)12-26-19-22-21-18-11-10-16(23-24(18)19)13-4-2-1-3-5-13/h1-11H,12H2. The zero-order valence-corrected chi connectivity index (χ0v) is 14.4. The molecular weight excluding hydrogens is 351 g/mol. The molecule has 128 valence electrons. The number of carbonyl (C=O) groups is 1. The molecule has 26 heavy (non-hydrogen) atoms. The van der Waals surface area contributed by atoms with Gasteiger partial charge in [-0.2, -0.15) is 9.61 Å². The summed E-state index contributed by atoms with van der Waals surface area (Å²) in [6.45, 7) is 0. The molecule has 0 saturated carbocycles. The van der Waals surface area contributed by atoms with Gasteiger partial charge in [0.15, 0.2) is 11.4 Å². The molecule has 2 aromatic heterocycles. The topological polar surface area (TPSA) is 60.2 Å². The van der Waals surface area contributed by atoms with E-state index in [0.717, 1.165) is 11.3 Å². The highest BCUT2D eigenvalue weighted by atomic mass is 32.2. The van der Waals surface area contributed by atoms with Crippen LogP contribution >= 0.6 is 11.8 Å². The Labute approximate surface area is 152 Å². The quantitative estimate of drug-likeness (QED) is 0.397. The Kier molecular flexibility index (Phi) is 4.45. The summed E-state index contributed by atoms with van der Waals surface area (Å²) in [6, 6.07) is 19.0. The van der Waals surface area contributed by atoms with Crippen LogP contribution in [0.5, 0.6) is 0 Å². The van der Waals surface area contributed by atoms with Gasteiger partial charge in [0.25, 0.3) is 0 Å². The minimum absolute atomic E-state index is 0.106. The number of halogens is 1. The second-order valence-electron chi connectivity index (χ2n) is 5.56. The summed E-state index contributed by atoms with van der Waals surface area (Å²) in [5.41, 5.74) is 2.86. The Morgan fingerprint density at radius 2 is 1.73 bits per heavy atom. The molecule has 0 spiro atoms. The lowest BCUT2D eigenvalue weighted by Gasteiger charge is -2.03. The van der Waals surface area contributed by atoms with Crippen LogP contribution in [0.15, 0.2) is 71.9 Å². The van der Waals surface area contributed by atoms with Crippen molar-refractivity contribution in [3.8, 4) is 11.3 Å². The van der Waals surface area contributed by atoms with E-state index in [4.69, 9.17) is 0 Å². The van der Waals surface area contributed by atoms with E-state index in [0.29, 0.717) is 16.4 Å². The third-order valence-electron chi connectivity index (χ3n) is 3.80. The Bertz CT molecular complexity index is 1060. The highest BCUT2D eigenvalue weighted by Crippen LogP contribution is 2.21. The average molecular weight is 364 g/mol. The Hall–Kier alpha value is -3.06. The van der Waals surface area contributed by atoms with Crippen LogP contribution < -0.4 is 0 Å². The maximum absolute atomic E-state index is 13.0. The van der Waals surface area contributed by atoms with Gasteiger partial charge in [0, 0.05) is 11.1 Å². The molecule has 0 amide bonds. The summed E-state index contributed by atoms with van der Waals surface area (Å²) >= 11 is 1.25. The number of benzene rings is 2. The molecule has 0 fully saturated rings. The van der Waals surface area contributed by atoms with Crippen molar-refractivity contribution in [2.24, 2.45) is 0 Å². The number of aromatic nitrogens is 4. The fourth-order valence-electron chi connectivity index (χ4n) is 2.47. The van der Waals surface area contributed by atoms with Crippen molar-refractivity contribution >= 4 is 23.2 Å². The first kappa shape index (κ1) is 16.4. The SMILES string of the molecule is O=C(CSc1nnc2ccc(-c3ccccc3)nn12)c1ccc(F)cc1. The first-order chi connectivity index (χ1) is 12.7. The molecule has 0 bridgehead atoms. The van der Waals surface area contributed by atoms with E-state index in [1.165, 1.54) is 36.0 Å². The number of hydrogen-bond acceptors (Lipinski definition) is 5. The monoisotopic (exact) mass is 364 g/mol. The van der Waals surface area contributed by atoms with Crippen LogP contribution in [0.4, 0.5) is 4.39 Å². The fraction of sp³-hybridized carbons (Fsp3) is 0.0526. The molecule has 0 unspecified atom stereocenters. The van der Waals surface area contributed by atoms with Crippen LogP contribution in [0, 0.1) is 5.82 Å². The average Bonchev–Trinajstić information content (AvgIpc) is 3.09. The highest BCUT2D eigenvalue weighted by molar-refractivity contribution is 7.99. The molecule has 0 aliphatic carbocycles. The second kappa shape index (κ2) is 7.05. The van der Waals surface area contributed by atoms with Crippen LogP contribution in [0.1, 0.15) is 10.4 Å². The zero-order valence-electron chi connectivity index (χ0n) is 13.5. The Morgan fingerprint density at radius 3 is 2.50 bits per heavy atom. The molecule has 0 radical (unpaired) electrons. The minimum atomic E-state index is -0.365. The number of rotatable bonds is 5. The van der Waals surface area contributed by atoms with E-state index in [1.807, 2.05) is 42.5 Å². The molecule has 2 aromatic carbocycles. The van der Waals surface area contributed by atoms with Crippen LogP contribution in [0.25, 0.3) is 16.9 Å². The van der Waals surface area contributed by atoms with Gasteiger partial charge < -0.3 is 0 Å². The number of Topliss-reactive ketones (excluding diaryl/α,β-unsaturated/α-hetero) is 1. The summed E-state index contributed by atoms with van der Waals surface area (Å²) in [5.74, 6) is -0.301. The van der Waals surface area contributed by atoms with Crippen LogP contribution in [-0.4, -0.2) is 31.3 Å². The van der Waals surface area contributed by atoms with Crippen LogP contribution in [0.2, 0.25) is 0 Å². The lowest BCUT2D eigenvalue weighted by Crippen LogP contribution is -2.04. The Morgan fingerprint density at radius 1 is 0.962 bits per heavy atom. The van der Waals surface area contributed by atoms with Gasteiger partial charge in [-0.1, -0.05) is 42.1 Å². The molecule has 4 rings (SSSR count). The van der Waals surface area contributed by atoms with Crippen molar-refractivity contribution in [1.29, 1.82) is 0 Å². The van der Waals surface area contributed by atoms with Crippen molar-refractivity contribution in [3.05, 3.63) is 78.1 Å². The van der Waals surface area contributed by atoms with Crippen molar-refractivity contribution in [2.75, 3.05) is 5.75 Å². The molecule has 2 heterocycles. The number of thioether (sulfide) groups is 1. The number of nitrogens with zero attached hydrogens (tertiary/aromatic N) is 4. The number of fused-ring (bicyclic) bond motifs is 1. The van der Waals surface area contributed by atoms with E-state index < -0.39 is 0 Å². The lowest BCUT2D eigenvalue weighted by molar-refractivity contribution is 0.102. The lowest BCUT2D eigenvalue weighted by atomic mass is 10.1. The van der Waals surface area contributed by atoms with Crippen LogP contribution in [0.3, 0.4) is 0 Å². The third-order valence-corrected chi connectivity index (χ3v) is 4.72. The van der Waals surface area contributed by atoms with Crippen LogP contribution in [-0.2, 0) is 0 Å². The summed E-state index contributed by atoms with van der Waals surface area (Å²) in [7, 11) is 0. The van der Waals surface area contributed by atoms with Gasteiger partial charge in [-0.15, -0.1) is 10.2 Å². The van der Waals surface area contributed by atoms with Gasteiger partial charge in [-0.3, -0.25) is 4.79 Å². The normalized spacial score (nSPS) is 11.0. The smallest absolute Gasteiger partial charge is 0.212 e. The zero-order chi connectivity index (χ0) is 17.9. The van der Waals surface area contributed by atoms with Gasteiger partial charge in [-0.05, 0) is 36.4 Å². The molecular formula is C19H13FN4OS. The summed E-state index contributed by atoms with van der Waals surface area (Å²) in [4.78, 5) is 12.3. The number of carbonyl (C=O) groups excluding carboxylic acids is 1. The predicted molar refractivity (Wildman–Crippen MR) is 97.7 cm³/mol. The molecule has 0 saturated heterocycles. The molecule has 0 aliphatic rings. The fourth-order valence-corrected chi connectivity index (χ4v) is 3.25. The van der Waals surface area contributed by atoms with E-state index >= 15 is 0 Å². The second-order valence-corrected chi connectivity index (χ2v) is 6.50. The highest BCUT2D eigenvalue weighted by Gasteiger charge is 2.13. The Balaban J connectivity index is 1.57. The summed E-state index contributed by atoms with van der Waals surface area (Å²) < 4.78 is 14.6. The van der Waals surface area contributed by atoms with E-state index in [9.17, 15) is 9.18 Å². The molecule has 0 atom stereocenters. The van der Waals surface area contributed by atoms with Gasteiger partial charge in [0.1, 0.15) is 5.82 Å². The molecule has 0 N–H and O–H groups in total. The van der Waals surface area contributed by atoms with E-state index in [1.54, 1.807) is 4.52 Å². The van der Waals surface area contributed by atoms with E-state index in [2.05, 4.69) is 15.3 Å². The molecule has 7 heteroatoms. The molecule has 0 aliphatic heterocycles. The molecule has 5 nitrogen and oxygen atoms in total. The maximum atomic E-state index is 13.0. The summed E-state index contributed by atoms with van der Waals surface area (Å²) in [6.07, 6.45) is 0.